The van der Waals surface area contributed by atoms with Crippen LogP contribution in [0.25, 0.3) is 0 Å². The van der Waals surface area contributed by atoms with Crippen LogP contribution in [0.15, 0.2) is 24.3 Å². The number of aromatic nitrogens is 2. The number of benzene rings is 1. The first kappa shape index (κ1) is 14.3. The van der Waals surface area contributed by atoms with Crippen LogP contribution in [0.3, 0.4) is 0 Å². The molecule has 0 amide bonds. The second-order valence-corrected chi connectivity index (χ2v) is 6.52. The zero-order valence-electron chi connectivity index (χ0n) is 12.2. The molecular formula is C15H19N3O2S. The van der Waals surface area contributed by atoms with Crippen molar-refractivity contribution >= 4 is 11.3 Å². The van der Waals surface area contributed by atoms with Crippen LogP contribution < -0.4 is 14.8 Å². The first-order valence-corrected chi connectivity index (χ1v) is 7.95. The van der Waals surface area contributed by atoms with Crippen molar-refractivity contribution in [2.45, 2.75) is 26.5 Å². The van der Waals surface area contributed by atoms with Crippen LogP contribution in [-0.2, 0) is 6.54 Å². The van der Waals surface area contributed by atoms with Gasteiger partial charge in [-0.1, -0.05) is 37.3 Å². The Morgan fingerprint density at radius 1 is 1.29 bits per heavy atom. The number of fused-ring (bicyclic) bond motifs is 1. The summed E-state index contributed by atoms with van der Waals surface area (Å²) in [5.41, 5.74) is 0. The molecule has 0 saturated carbocycles. The minimum Gasteiger partial charge on any atom is -0.485 e. The Balaban J connectivity index is 1.62. The highest BCUT2D eigenvalue weighted by Gasteiger charge is 2.25. The van der Waals surface area contributed by atoms with Crippen LogP contribution >= 0.6 is 11.3 Å². The van der Waals surface area contributed by atoms with Gasteiger partial charge in [0.2, 0.25) is 0 Å². The molecule has 6 heteroatoms. The maximum atomic E-state index is 5.94. The van der Waals surface area contributed by atoms with Crippen LogP contribution in [0.1, 0.15) is 30.0 Å². The molecular weight excluding hydrogens is 286 g/mol. The van der Waals surface area contributed by atoms with Gasteiger partial charge in [0.1, 0.15) is 11.6 Å². The molecule has 0 radical (unpaired) electrons. The molecule has 1 unspecified atom stereocenters. The van der Waals surface area contributed by atoms with E-state index in [2.05, 4.69) is 29.4 Å². The van der Waals surface area contributed by atoms with Crippen LogP contribution in [-0.4, -0.2) is 23.3 Å². The third kappa shape index (κ3) is 3.51. The zero-order valence-corrected chi connectivity index (χ0v) is 13.0. The number of hydrogen-bond acceptors (Lipinski definition) is 6. The number of ether oxygens (including phenoxy) is 2. The number of nitrogens with one attached hydrogen (secondary N) is 1. The van der Waals surface area contributed by atoms with Crippen molar-refractivity contribution < 1.29 is 9.47 Å². The average molecular weight is 305 g/mol. The van der Waals surface area contributed by atoms with E-state index in [0.29, 0.717) is 12.5 Å². The molecule has 0 saturated heterocycles. The number of rotatable bonds is 5. The SMILES string of the molecule is CC(C)CNCc1nnc(C2COc3ccccc3O2)s1. The molecule has 1 N–H and O–H groups in total. The summed E-state index contributed by atoms with van der Waals surface area (Å²) in [6.45, 7) is 6.57. The molecule has 3 rings (SSSR count). The van der Waals surface area contributed by atoms with Gasteiger partial charge < -0.3 is 14.8 Å². The van der Waals surface area contributed by atoms with Crippen molar-refractivity contribution in [1.82, 2.24) is 15.5 Å². The van der Waals surface area contributed by atoms with E-state index in [4.69, 9.17) is 9.47 Å². The highest BCUT2D eigenvalue weighted by molar-refractivity contribution is 7.11. The van der Waals surface area contributed by atoms with Crippen molar-refractivity contribution in [3.8, 4) is 11.5 Å². The monoisotopic (exact) mass is 305 g/mol. The lowest BCUT2D eigenvalue weighted by atomic mass is 10.2. The van der Waals surface area contributed by atoms with Crippen LogP contribution in [0.2, 0.25) is 0 Å². The van der Waals surface area contributed by atoms with Gasteiger partial charge in [0.15, 0.2) is 22.6 Å². The quantitative estimate of drug-likeness (QED) is 0.920. The van der Waals surface area contributed by atoms with Crippen molar-refractivity contribution in [1.29, 1.82) is 0 Å². The summed E-state index contributed by atoms with van der Waals surface area (Å²) < 4.78 is 11.6. The molecule has 5 nitrogen and oxygen atoms in total. The first-order valence-electron chi connectivity index (χ1n) is 7.14. The van der Waals surface area contributed by atoms with E-state index in [0.717, 1.165) is 34.6 Å². The topological polar surface area (TPSA) is 56.3 Å². The second-order valence-electron chi connectivity index (χ2n) is 5.42. The third-order valence-electron chi connectivity index (χ3n) is 3.10. The molecule has 21 heavy (non-hydrogen) atoms. The summed E-state index contributed by atoms with van der Waals surface area (Å²) in [6.07, 6.45) is -0.170. The van der Waals surface area contributed by atoms with Crippen molar-refractivity contribution in [3.63, 3.8) is 0 Å². The molecule has 1 aliphatic heterocycles. The maximum Gasteiger partial charge on any atom is 0.186 e. The summed E-state index contributed by atoms with van der Waals surface area (Å²) in [5, 5.41) is 13.7. The van der Waals surface area contributed by atoms with E-state index in [-0.39, 0.29) is 6.10 Å². The number of hydrogen-bond donors (Lipinski definition) is 1. The fourth-order valence-electron chi connectivity index (χ4n) is 2.08. The Bertz CT molecular complexity index is 600. The summed E-state index contributed by atoms with van der Waals surface area (Å²) >= 11 is 1.58. The fraction of sp³-hybridized carbons (Fsp3) is 0.467. The molecule has 1 aliphatic rings. The van der Waals surface area contributed by atoms with E-state index in [1.807, 2.05) is 24.3 Å². The molecule has 0 fully saturated rings. The summed E-state index contributed by atoms with van der Waals surface area (Å²) in [6, 6.07) is 7.69. The van der Waals surface area contributed by atoms with Crippen molar-refractivity contribution in [3.05, 3.63) is 34.3 Å². The standard InChI is InChI=1S/C15H19N3O2S/c1-10(2)7-16-8-14-17-18-15(21-14)13-9-19-11-5-3-4-6-12(11)20-13/h3-6,10,13,16H,7-9H2,1-2H3. The fourth-order valence-corrected chi connectivity index (χ4v) is 2.90. The van der Waals surface area contributed by atoms with E-state index in [9.17, 15) is 0 Å². The predicted octanol–water partition coefficient (Wildman–Crippen LogP) is 2.80. The van der Waals surface area contributed by atoms with Gasteiger partial charge in [0, 0.05) is 6.54 Å². The molecule has 0 spiro atoms. The van der Waals surface area contributed by atoms with Gasteiger partial charge >= 0.3 is 0 Å². The lowest BCUT2D eigenvalue weighted by molar-refractivity contribution is 0.0906. The Morgan fingerprint density at radius 2 is 2.10 bits per heavy atom. The van der Waals surface area contributed by atoms with Gasteiger partial charge in [-0.3, -0.25) is 0 Å². The summed E-state index contributed by atoms with van der Waals surface area (Å²) in [4.78, 5) is 0. The smallest absolute Gasteiger partial charge is 0.186 e. The number of para-hydroxylation sites is 2. The van der Waals surface area contributed by atoms with E-state index in [1.54, 1.807) is 11.3 Å². The maximum absolute atomic E-state index is 5.94. The van der Waals surface area contributed by atoms with Gasteiger partial charge in [0.05, 0.1) is 0 Å². The molecule has 2 aromatic rings. The van der Waals surface area contributed by atoms with Crippen LogP contribution in [0, 0.1) is 5.92 Å². The van der Waals surface area contributed by atoms with Crippen molar-refractivity contribution in [2.24, 2.45) is 5.92 Å². The lowest BCUT2D eigenvalue weighted by Gasteiger charge is -2.24. The summed E-state index contributed by atoms with van der Waals surface area (Å²) in [7, 11) is 0. The predicted molar refractivity (Wildman–Crippen MR) is 81.8 cm³/mol. The Hall–Kier alpha value is -1.66. The first-order chi connectivity index (χ1) is 10.2. The highest BCUT2D eigenvalue weighted by Crippen LogP contribution is 2.36. The van der Waals surface area contributed by atoms with E-state index < -0.39 is 0 Å². The molecule has 0 bridgehead atoms. The van der Waals surface area contributed by atoms with Crippen LogP contribution in [0.5, 0.6) is 11.5 Å². The Labute approximate surface area is 128 Å². The Morgan fingerprint density at radius 3 is 2.90 bits per heavy atom. The molecule has 1 atom stereocenters. The summed E-state index contributed by atoms with van der Waals surface area (Å²) in [5.74, 6) is 2.18. The second kappa shape index (κ2) is 6.41. The molecule has 112 valence electrons. The minimum absolute atomic E-state index is 0.170. The van der Waals surface area contributed by atoms with Crippen LogP contribution in [0.4, 0.5) is 0 Å². The van der Waals surface area contributed by atoms with Crippen molar-refractivity contribution in [2.75, 3.05) is 13.2 Å². The van der Waals surface area contributed by atoms with Gasteiger partial charge in [-0.05, 0) is 24.6 Å². The third-order valence-corrected chi connectivity index (χ3v) is 4.11. The average Bonchev–Trinajstić information content (AvgIpc) is 2.95. The minimum atomic E-state index is -0.170. The molecule has 0 aliphatic carbocycles. The lowest BCUT2D eigenvalue weighted by Crippen LogP contribution is -2.21. The van der Waals surface area contributed by atoms with Gasteiger partial charge in [-0.15, -0.1) is 10.2 Å². The van der Waals surface area contributed by atoms with E-state index in [1.165, 1.54) is 0 Å². The van der Waals surface area contributed by atoms with Gasteiger partial charge in [0.25, 0.3) is 0 Å². The molecule has 2 heterocycles. The molecule has 1 aromatic heterocycles. The van der Waals surface area contributed by atoms with Gasteiger partial charge in [-0.2, -0.15) is 0 Å². The van der Waals surface area contributed by atoms with Gasteiger partial charge in [-0.25, -0.2) is 0 Å². The molecule has 1 aromatic carbocycles. The normalized spacial score (nSPS) is 17.2. The largest absolute Gasteiger partial charge is 0.485 e. The zero-order chi connectivity index (χ0) is 14.7. The number of nitrogens with zero attached hydrogens (tertiary/aromatic N) is 2. The highest BCUT2D eigenvalue weighted by atomic mass is 32.1. The van der Waals surface area contributed by atoms with E-state index >= 15 is 0 Å². The Kier molecular flexibility index (Phi) is 4.36.